The number of aromatic nitrogens is 1. The van der Waals surface area contributed by atoms with Crippen LogP contribution in [0.15, 0.2) is 42.6 Å². The van der Waals surface area contributed by atoms with E-state index in [1.54, 1.807) is 0 Å². The monoisotopic (exact) mass is 295 g/mol. The molecule has 0 aliphatic carbocycles. The van der Waals surface area contributed by atoms with Crippen molar-refractivity contribution in [3.05, 3.63) is 53.9 Å². The normalized spacial score (nSPS) is 15.5. The Morgan fingerprint density at radius 3 is 2.00 bits per heavy atom. The molecule has 2 heterocycles. The molecule has 1 aromatic carbocycles. The van der Waals surface area contributed by atoms with Gasteiger partial charge in [-0.2, -0.15) is 0 Å². The summed E-state index contributed by atoms with van der Waals surface area (Å²) in [5.74, 6) is 0.598. The fraction of sp³-hybridized carbons (Fsp3) is 0.421. The van der Waals surface area contributed by atoms with E-state index in [1.165, 1.54) is 16.9 Å². The molecule has 0 spiro atoms. The lowest BCUT2D eigenvalue weighted by Gasteiger charge is -2.37. The fourth-order valence-corrected chi connectivity index (χ4v) is 3.02. The summed E-state index contributed by atoms with van der Waals surface area (Å²) < 4.78 is 0. The highest BCUT2D eigenvalue weighted by Crippen LogP contribution is 2.23. The highest BCUT2D eigenvalue weighted by molar-refractivity contribution is 5.52. The third-order valence-electron chi connectivity index (χ3n) is 4.45. The molecule has 0 bridgehead atoms. The highest BCUT2D eigenvalue weighted by Gasteiger charge is 2.17. The average Bonchev–Trinajstić information content (AvgIpc) is 2.55. The second-order valence-electron chi connectivity index (χ2n) is 6.38. The van der Waals surface area contributed by atoms with Gasteiger partial charge in [-0.25, -0.2) is 0 Å². The molecule has 3 heteroatoms. The Morgan fingerprint density at radius 1 is 0.864 bits per heavy atom. The van der Waals surface area contributed by atoms with Crippen LogP contribution in [0.4, 0.5) is 11.4 Å². The standard InChI is InChI=1S/C19H25N3/c1-15(2)17-4-6-18(7-5-17)21-10-12-22(13-11-21)19-8-9-20-16(3)14-19/h4-9,14-15H,10-13H2,1-3H3. The Labute approximate surface area is 133 Å². The van der Waals surface area contributed by atoms with Gasteiger partial charge in [0.15, 0.2) is 0 Å². The van der Waals surface area contributed by atoms with E-state index in [4.69, 9.17) is 0 Å². The van der Waals surface area contributed by atoms with Gasteiger partial charge in [-0.1, -0.05) is 26.0 Å². The Balaban J connectivity index is 1.64. The van der Waals surface area contributed by atoms with E-state index in [0.29, 0.717) is 5.92 Å². The van der Waals surface area contributed by atoms with Crippen LogP contribution in [-0.4, -0.2) is 31.2 Å². The Hall–Kier alpha value is -2.03. The summed E-state index contributed by atoms with van der Waals surface area (Å²) in [6.45, 7) is 10.8. The first-order valence-electron chi connectivity index (χ1n) is 8.16. The predicted octanol–water partition coefficient (Wildman–Crippen LogP) is 3.84. The molecule has 22 heavy (non-hydrogen) atoms. The number of anilines is 2. The van der Waals surface area contributed by atoms with Crippen molar-refractivity contribution in [3.8, 4) is 0 Å². The van der Waals surface area contributed by atoms with Crippen molar-refractivity contribution in [1.29, 1.82) is 0 Å². The number of hydrogen-bond donors (Lipinski definition) is 0. The Bertz CT molecular complexity index is 611. The summed E-state index contributed by atoms with van der Waals surface area (Å²) in [6.07, 6.45) is 1.90. The van der Waals surface area contributed by atoms with Crippen LogP contribution >= 0.6 is 0 Å². The molecule has 0 unspecified atom stereocenters. The van der Waals surface area contributed by atoms with Crippen LogP contribution in [-0.2, 0) is 0 Å². The van der Waals surface area contributed by atoms with Crippen molar-refractivity contribution in [3.63, 3.8) is 0 Å². The van der Waals surface area contributed by atoms with Gasteiger partial charge in [0, 0.05) is 49.4 Å². The summed E-state index contributed by atoms with van der Waals surface area (Å²) in [5, 5.41) is 0. The zero-order valence-corrected chi connectivity index (χ0v) is 13.8. The van der Waals surface area contributed by atoms with Gasteiger partial charge in [0.1, 0.15) is 0 Å². The van der Waals surface area contributed by atoms with Crippen LogP contribution in [0.3, 0.4) is 0 Å². The van der Waals surface area contributed by atoms with Crippen LogP contribution < -0.4 is 9.80 Å². The lowest BCUT2D eigenvalue weighted by Crippen LogP contribution is -2.46. The topological polar surface area (TPSA) is 19.4 Å². The molecule has 0 radical (unpaired) electrons. The predicted molar refractivity (Wildman–Crippen MR) is 93.9 cm³/mol. The largest absolute Gasteiger partial charge is 0.368 e. The number of piperazine rings is 1. The van der Waals surface area contributed by atoms with Gasteiger partial charge in [0.05, 0.1) is 0 Å². The number of pyridine rings is 1. The maximum atomic E-state index is 4.28. The minimum atomic E-state index is 0.598. The molecule has 116 valence electrons. The van der Waals surface area contributed by atoms with E-state index in [9.17, 15) is 0 Å². The minimum absolute atomic E-state index is 0.598. The van der Waals surface area contributed by atoms with Crippen LogP contribution in [0.25, 0.3) is 0 Å². The molecule has 1 fully saturated rings. The molecule has 1 aliphatic rings. The molecule has 3 rings (SSSR count). The van der Waals surface area contributed by atoms with Crippen molar-refractivity contribution in [2.45, 2.75) is 26.7 Å². The van der Waals surface area contributed by atoms with E-state index in [0.717, 1.165) is 31.9 Å². The molecule has 0 saturated carbocycles. The van der Waals surface area contributed by atoms with Gasteiger partial charge in [-0.3, -0.25) is 4.98 Å². The number of hydrogen-bond acceptors (Lipinski definition) is 3. The zero-order valence-electron chi connectivity index (χ0n) is 13.8. The van der Waals surface area contributed by atoms with E-state index >= 15 is 0 Å². The third kappa shape index (κ3) is 3.24. The number of nitrogens with zero attached hydrogens (tertiary/aromatic N) is 3. The summed E-state index contributed by atoms with van der Waals surface area (Å²) in [5.41, 5.74) is 5.14. The molecule has 0 atom stereocenters. The van der Waals surface area contributed by atoms with E-state index in [1.807, 2.05) is 6.20 Å². The summed E-state index contributed by atoms with van der Waals surface area (Å²) >= 11 is 0. The number of rotatable bonds is 3. The lowest BCUT2D eigenvalue weighted by atomic mass is 10.0. The van der Waals surface area contributed by atoms with E-state index < -0.39 is 0 Å². The van der Waals surface area contributed by atoms with Crippen molar-refractivity contribution in [2.24, 2.45) is 0 Å². The smallest absolute Gasteiger partial charge is 0.0401 e. The molecular weight excluding hydrogens is 270 g/mol. The number of benzene rings is 1. The second-order valence-corrected chi connectivity index (χ2v) is 6.38. The molecule has 3 nitrogen and oxygen atoms in total. The molecule has 2 aromatic rings. The molecular formula is C19H25N3. The summed E-state index contributed by atoms with van der Waals surface area (Å²) in [4.78, 5) is 9.22. The van der Waals surface area contributed by atoms with Crippen molar-refractivity contribution < 1.29 is 0 Å². The zero-order chi connectivity index (χ0) is 15.5. The van der Waals surface area contributed by atoms with Crippen LogP contribution in [0.2, 0.25) is 0 Å². The van der Waals surface area contributed by atoms with Crippen LogP contribution in [0.1, 0.15) is 31.0 Å². The van der Waals surface area contributed by atoms with Gasteiger partial charge < -0.3 is 9.80 Å². The Kier molecular flexibility index (Phi) is 4.32. The molecule has 0 amide bonds. The lowest BCUT2D eigenvalue weighted by molar-refractivity contribution is 0.653. The van der Waals surface area contributed by atoms with E-state index in [-0.39, 0.29) is 0 Å². The molecule has 0 N–H and O–H groups in total. The molecule has 1 aromatic heterocycles. The van der Waals surface area contributed by atoms with Gasteiger partial charge in [-0.05, 0) is 42.7 Å². The summed E-state index contributed by atoms with van der Waals surface area (Å²) in [7, 11) is 0. The summed E-state index contributed by atoms with van der Waals surface area (Å²) in [6, 6.07) is 13.3. The van der Waals surface area contributed by atoms with Crippen LogP contribution in [0.5, 0.6) is 0 Å². The molecule has 1 aliphatic heterocycles. The third-order valence-corrected chi connectivity index (χ3v) is 4.45. The quantitative estimate of drug-likeness (QED) is 0.857. The van der Waals surface area contributed by atoms with Crippen LogP contribution in [0, 0.1) is 6.92 Å². The number of aryl methyl sites for hydroxylation is 1. The SMILES string of the molecule is Cc1cc(N2CCN(c3ccc(C(C)C)cc3)CC2)ccn1. The van der Waals surface area contributed by atoms with Gasteiger partial charge in [0.25, 0.3) is 0 Å². The first kappa shape index (κ1) is 14.9. The first-order valence-corrected chi connectivity index (χ1v) is 8.16. The van der Waals surface area contributed by atoms with Crippen molar-refractivity contribution in [1.82, 2.24) is 4.98 Å². The molecule has 1 saturated heterocycles. The average molecular weight is 295 g/mol. The fourth-order valence-electron chi connectivity index (χ4n) is 3.02. The van der Waals surface area contributed by atoms with Crippen molar-refractivity contribution >= 4 is 11.4 Å². The minimum Gasteiger partial charge on any atom is -0.368 e. The van der Waals surface area contributed by atoms with Gasteiger partial charge in [-0.15, -0.1) is 0 Å². The second kappa shape index (κ2) is 6.39. The van der Waals surface area contributed by atoms with Gasteiger partial charge >= 0.3 is 0 Å². The maximum absolute atomic E-state index is 4.28. The van der Waals surface area contributed by atoms with Gasteiger partial charge in [0.2, 0.25) is 0 Å². The van der Waals surface area contributed by atoms with E-state index in [2.05, 4.69) is 72.0 Å². The Morgan fingerprint density at radius 2 is 1.45 bits per heavy atom. The highest BCUT2D eigenvalue weighted by atomic mass is 15.3. The van der Waals surface area contributed by atoms with Crippen molar-refractivity contribution in [2.75, 3.05) is 36.0 Å². The maximum Gasteiger partial charge on any atom is 0.0401 e. The first-order chi connectivity index (χ1) is 10.6.